The average molecular weight is 483 g/mol. The zero-order chi connectivity index (χ0) is 24.1. The van der Waals surface area contributed by atoms with Crippen molar-refractivity contribution in [3.8, 4) is 5.75 Å². The van der Waals surface area contributed by atoms with Crippen molar-refractivity contribution >= 4 is 28.6 Å². The van der Waals surface area contributed by atoms with E-state index in [0.29, 0.717) is 6.54 Å². The van der Waals surface area contributed by atoms with E-state index >= 15 is 0 Å². The summed E-state index contributed by atoms with van der Waals surface area (Å²) in [6.45, 7) is 3.45. The number of benzene rings is 2. The van der Waals surface area contributed by atoms with E-state index < -0.39 is 11.9 Å². The van der Waals surface area contributed by atoms with Gasteiger partial charge in [-0.25, -0.2) is 4.39 Å². The summed E-state index contributed by atoms with van der Waals surface area (Å²) in [6.07, 6.45) is 5.38. The van der Waals surface area contributed by atoms with Crippen LogP contribution in [-0.2, 0) is 11.2 Å². The Morgan fingerprint density at radius 1 is 1.29 bits per heavy atom. The van der Waals surface area contributed by atoms with E-state index in [0.717, 1.165) is 53.8 Å². The third-order valence-corrected chi connectivity index (χ3v) is 7.95. The van der Waals surface area contributed by atoms with Crippen LogP contribution in [-0.4, -0.2) is 46.5 Å². The first kappa shape index (κ1) is 24.5. The van der Waals surface area contributed by atoms with E-state index in [1.165, 1.54) is 17.7 Å². The van der Waals surface area contributed by atoms with Crippen molar-refractivity contribution in [1.29, 1.82) is 0 Å². The highest BCUT2D eigenvalue weighted by Gasteiger charge is 2.35. The molecule has 0 aliphatic carbocycles. The fraction of sp³-hybridized carbons (Fsp3) is 0.407. The molecule has 1 aliphatic rings. The molecule has 34 heavy (non-hydrogen) atoms. The smallest absolute Gasteiger partial charge is 0.308 e. The molecule has 2 heterocycles. The number of nitrogens with zero attached hydrogens (tertiary/aromatic N) is 2. The molecular formula is C27H31FN2O3S. The molecule has 1 unspecified atom stereocenters. The summed E-state index contributed by atoms with van der Waals surface area (Å²) in [5.41, 5.74) is 2.16. The molecule has 1 aromatic heterocycles. The molecule has 2 aromatic carbocycles. The predicted octanol–water partition coefficient (Wildman–Crippen LogP) is 5.87. The molecule has 5 nitrogen and oxygen atoms in total. The Kier molecular flexibility index (Phi) is 8.06. The quantitative estimate of drug-likeness (QED) is 0.385. The number of carboxylic acids is 1. The fourth-order valence-electron chi connectivity index (χ4n) is 4.88. The molecule has 3 aromatic rings. The molecule has 1 aliphatic heterocycles. The van der Waals surface area contributed by atoms with Crippen LogP contribution in [0.5, 0.6) is 5.75 Å². The topological polar surface area (TPSA) is 62.7 Å². The highest BCUT2D eigenvalue weighted by Crippen LogP contribution is 2.34. The number of pyridine rings is 1. The van der Waals surface area contributed by atoms with Crippen LogP contribution in [0.3, 0.4) is 0 Å². The van der Waals surface area contributed by atoms with Gasteiger partial charge in [0.15, 0.2) is 0 Å². The first-order valence-electron chi connectivity index (χ1n) is 11.8. The minimum absolute atomic E-state index is 0.0859. The van der Waals surface area contributed by atoms with Crippen LogP contribution in [0.4, 0.5) is 4.39 Å². The number of methoxy groups -OCH3 is 1. The molecule has 7 heteroatoms. The number of aryl methyl sites for hydroxylation is 1. The third-order valence-electron chi connectivity index (χ3n) is 6.78. The second-order valence-corrected chi connectivity index (χ2v) is 10.3. The van der Waals surface area contributed by atoms with Gasteiger partial charge < -0.3 is 9.84 Å². The molecule has 0 bridgehead atoms. The molecule has 0 radical (unpaired) electrons. The number of aromatic nitrogens is 1. The molecule has 180 valence electrons. The Bertz CT molecular complexity index is 1140. The van der Waals surface area contributed by atoms with E-state index in [1.807, 2.05) is 36.5 Å². The number of piperidine rings is 1. The Balaban J connectivity index is 1.36. The summed E-state index contributed by atoms with van der Waals surface area (Å²) < 4.78 is 18.9. The molecule has 1 N–H and O–H groups in total. The number of carbonyl (C=O) groups is 1. The lowest BCUT2D eigenvalue weighted by atomic mass is 9.81. The molecule has 0 amide bonds. The Hall–Kier alpha value is -2.64. The van der Waals surface area contributed by atoms with Gasteiger partial charge in [-0.3, -0.25) is 14.7 Å². The molecule has 4 rings (SSSR count). The number of carboxylic acid groups (broad SMARTS) is 1. The number of fused-ring (bicyclic) bond motifs is 1. The minimum atomic E-state index is -0.725. The van der Waals surface area contributed by atoms with Crippen molar-refractivity contribution in [3.63, 3.8) is 0 Å². The van der Waals surface area contributed by atoms with Gasteiger partial charge in [-0.15, -0.1) is 11.8 Å². The number of hydrogen-bond donors (Lipinski definition) is 1. The number of thioether (sulfide) groups is 1. The van der Waals surface area contributed by atoms with Crippen LogP contribution in [0.15, 0.2) is 59.6 Å². The summed E-state index contributed by atoms with van der Waals surface area (Å²) in [6, 6.07) is 14.5. The number of halogens is 1. The Morgan fingerprint density at radius 2 is 2.15 bits per heavy atom. The highest BCUT2D eigenvalue weighted by molar-refractivity contribution is 7.99. The molecule has 1 saturated heterocycles. The second kappa shape index (κ2) is 11.2. The van der Waals surface area contributed by atoms with E-state index in [9.17, 15) is 14.3 Å². The van der Waals surface area contributed by atoms with Crippen molar-refractivity contribution in [3.05, 3.63) is 66.1 Å². The van der Waals surface area contributed by atoms with Crippen molar-refractivity contribution in [2.24, 2.45) is 11.8 Å². The van der Waals surface area contributed by atoms with Crippen LogP contribution >= 0.6 is 11.8 Å². The van der Waals surface area contributed by atoms with Crippen LogP contribution in [0.1, 0.15) is 31.7 Å². The maximum Gasteiger partial charge on any atom is 0.308 e. The summed E-state index contributed by atoms with van der Waals surface area (Å²) >= 11 is 1.58. The van der Waals surface area contributed by atoms with E-state index in [2.05, 4.69) is 16.8 Å². The summed E-state index contributed by atoms with van der Waals surface area (Å²) in [5, 5.41) is 11.1. The van der Waals surface area contributed by atoms with E-state index in [1.54, 1.807) is 24.9 Å². The number of hydrogen-bond acceptors (Lipinski definition) is 5. The zero-order valence-electron chi connectivity index (χ0n) is 19.6. The second-order valence-electron chi connectivity index (χ2n) is 8.91. The maximum atomic E-state index is 13.5. The predicted molar refractivity (Wildman–Crippen MR) is 134 cm³/mol. The average Bonchev–Trinajstić information content (AvgIpc) is 2.84. The summed E-state index contributed by atoms with van der Waals surface area (Å²) in [5.74, 6) is -0.400. The van der Waals surface area contributed by atoms with Gasteiger partial charge in [0.1, 0.15) is 11.6 Å². The van der Waals surface area contributed by atoms with Crippen LogP contribution in [0.2, 0.25) is 0 Å². The van der Waals surface area contributed by atoms with Crippen molar-refractivity contribution in [2.45, 2.75) is 42.9 Å². The highest BCUT2D eigenvalue weighted by atomic mass is 32.2. The molecule has 0 spiro atoms. The molecular weight excluding hydrogens is 451 g/mol. The monoisotopic (exact) mass is 482 g/mol. The van der Waals surface area contributed by atoms with E-state index in [4.69, 9.17) is 4.74 Å². The maximum absolute atomic E-state index is 13.5. The van der Waals surface area contributed by atoms with Crippen molar-refractivity contribution in [2.75, 3.05) is 20.2 Å². The Morgan fingerprint density at radius 3 is 2.91 bits per heavy atom. The van der Waals surface area contributed by atoms with Gasteiger partial charge in [0, 0.05) is 23.0 Å². The third kappa shape index (κ3) is 5.88. The lowest BCUT2D eigenvalue weighted by molar-refractivity contribution is -0.146. The SMILES string of the molecule is COc1ccc2nccc(CCC[C@@H]3CCN(C(C)Sc4cccc(F)c4)C[C@@H]3C(=O)O)c2c1. The fourth-order valence-corrected chi connectivity index (χ4v) is 5.95. The lowest BCUT2D eigenvalue weighted by Crippen LogP contribution is -2.46. The largest absolute Gasteiger partial charge is 0.497 e. The van der Waals surface area contributed by atoms with Gasteiger partial charge in [0.05, 0.1) is 23.9 Å². The van der Waals surface area contributed by atoms with E-state index in [-0.39, 0.29) is 17.1 Å². The van der Waals surface area contributed by atoms with Crippen molar-refractivity contribution in [1.82, 2.24) is 9.88 Å². The van der Waals surface area contributed by atoms with Crippen molar-refractivity contribution < 1.29 is 19.0 Å². The minimum Gasteiger partial charge on any atom is -0.497 e. The number of likely N-dealkylation sites (tertiary alicyclic amines) is 1. The molecule has 1 fully saturated rings. The van der Waals surface area contributed by atoms with Gasteiger partial charge in [0.2, 0.25) is 0 Å². The van der Waals surface area contributed by atoms with Gasteiger partial charge in [-0.2, -0.15) is 0 Å². The van der Waals surface area contributed by atoms with Crippen LogP contribution in [0, 0.1) is 17.7 Å². The summed E-state index contributed by atoms with van der Waals surface area (Å²) in [4.78, 5) is 19.6. The number of ether oxygens (including phenoxy) is 1. The van der Waals surface area contributed by atoms with Gasteiger partial charge in [0.25, 0.3) is 0 Å². The van der Waals surface area contributed by atoms with Gasteiger partial charge >= 0.3 is 5.97 Å². The number of aliphatic carboxylic acids is 1. The zero-order valence-corrected chi connectivity index (χ0v) is 20.4. The Labute approximate surface area is 204 Å². The lowest BCUT2D eigenvalue weighted by Gasteiger charge is -2.39. The van der Waals surface area contributed by atoms with Gasteiger partial charge in [-0.1, -0.05) is 6.07 Å². The summed E-state index contributed by atoms with van der Waals surface area (Å²) in [7, 11) is 1.66. The van der Waals surface area contributed by atoms with Crippen LogP contribution < -0.4 is 4.74 Å². The molecule has 3 atom stereocenters. The first-order chi connectivity index (χ1) is 16.4. The van der Waals surface area contributed by atoms with Crippen LogP contribution in [0.25, 0.3) is 10.9 Å². The standard InChI is InChI=1S/C27H31FN2O3S/c1-18(34-23-8-4-7-21(28)15-23)30-14-12-20(25(17-30)27(31)32)6-3-5-19-11-13-29-26-10-9-22(33-2)16-24(19)26/h4,7-11,13,15-16,18,20,25H,3,5-6,12,14,17H2,1-2H3,(H,31,32)/t18?,20-,25+/m1/s1. The normalized spacial score (nSPS) is 19.7. The first-order valence-corrected chi connectivity index (χ1v) is 12.6. The van der Waals surface area contributed by atoms with Gasteiger partial charge in [-0.05, 0) is 93.1 Å². The molecule has 0 saturated carbocycles. The number of rotatable bonds is 9.